The Labute approximate surface area is 351 Å². The van der Waals surface area contributed by atoms with E-state index in [-0.39, 0.29) is 67.8 Å². The molecule has 0 saturated carbocycles. The molecule has 62 heavy (non-hydrogen) atoms. The molecule has 308 valence electrons. The number of hydrogen-bond donors (Lipinski definition) is 5. The van der Waals surface area contributed by atoms with Crippen LogP contribution in [0.3, 0.4) is 0 Å². The fraction of sp³-hybridized carbons (Fsp3) is 0.0952. The van der Waals surface area contributed by atoms with E-state index in [1.54, 1.807) is 0 Å². The first kappa shape index (κ1) is 39.2. The Balaban J connectivity index is 1.37. The molecule has 5 aromatic carbocycles. The van der Waals surface area contributed by atoms with E-state index in [4.69, 9.17) is 24.9 Å². The molecule has 0 amide bonds. The van der Waals surface area contributed by atoms with E-state index in [0.717, 1.165) is 47.7 Å². The molecule has 8 aromatic rings. The lowest BCUT2D eigenvalue weighted by molar-refractivity contribution is 0.481. The van der Waals surface area contributed by atoms with E-state index in [1.807, 2.05) is 30.3 Å². The Bertz CT molecular complexity index is 3910. The lowest BCUT2D eigenvalue weighted by Gasteiger charge is -2.05. The monoisotopic (exact) mass is 884 g/mol. The van der Waals surface area contributed by atoms with Gasteiger partial charge in [0, 0.05) is 55.8 Å². The van der Waals surface area contributed by atoms with Gasteiger partial charge in [-0.2, -0.15) is 25.3 Å². The van der Waals surface area contributed by atoms with Crippen LogP contribution < -0.4 is 0 Å². The second-order valence-electron chi connectivity index (χ2n) is 14.5. The van der Waals surface area contributed by atoms with Crippen molar-refractivity contribution in [3.05, 3.63) is 90.5 Å². The molecule has 0 spiro atoms. The molecule has 0 aliphatic carbocycles. The van der Waals surface area contributed by atoms with Gasteiger partial charge in [-0.05, 0) is 90.0 Å². The number of hydrogen-bond acceptors (Lipinski definition) is 12. The normalized spacial score (nSPS) is 12.6. The van der Waals surface area contributed by atoms with Gasteiger partial charge in [-0.3, -0.25) is 13.7 Å². The zero-order valence-corrected chi connectivity index (χ0v) is 34.4. The fourth-order valence-electron chi connectivity index (χ4n) is 7.52. The SMILES string of the molecule is CCCCC#Cc1cccc2cc3c(cc12)-c1nc-3nc2[nH]c(nc3nc(nc4[nH]c(n1)c1ccc(S(=O)(=O)O)cc41)-c1ccc(S(=O)(=O)O)cc1-3)c1cc(S(=O)(=O)O)ccc21. The van der Waals surface area contributed by atoms with E-state index >= 15 is 0 Å². The van der Waals surface area contributed by atoms with Gasteiger partial charge in [-0.25, -0.2) is 29.9 Å². The van der Waals surface area contributed by atoms with Crippen molar-refractivity contribution in [2.75, 3.05) is 0 Å². The summed E-state index contributed by atoms with van der Waals surface area (Å²) in [5, 5.41) is 2.82. The number of H-pyrrole nitrogens is 2. The maximum absolute atomic E-state index is 12.4. The Hall–Kier alpha value is -6.99. The van der Waals surface area contributed by atoms with E-state index in [1.165, 1.54) is 42.5 Å². The Kier molecular flexibility index (Phi) is 8.86. The molecule has 0 fully saturated rings. The third kappa shape index (κ3) is 6.73. The first-order valence-electron chi connectivity index (χ1n) is 18.8. The first-order valence-corrected chi connectivity index (χ1v) is 23.1. The second-order valence-corrected chi connectivity index (χ2v) is 18.8. The van der Waals surface area contributed by atoms with E-state index < -0.39 is 45.0 Å². The molecule has 20 heteroatoms. The lowest BCUT2D eigenvalue weighted by atomic mass is 9.98. The van der Waals surface area contributed by atoms with Crippen molar-refractivity contribution in [3.8, 4) is 57.4 Å². The summed E-state index contributed by atoms with van der Waals surface area (Å²) in [6.07, 6.45) is 2.70. The van der Waals surface area contributed by atoms with Crippen LogP contribution in [0.2, 0.25) is 0 Å². The van der Waals surface area contributed by atoms with Crippen molar-refractivity contribution in [1.82, 2.24) is 39.9 Å². The number of nitrogens with zero attached hydrogens (tertiary/aromatic N) is 6. The molecule has 10 rings (SSSR count). The number of unbranched alkanes of at least 4 members (excludes halogenated alkanes) is 2. The van der Waals surface area contributed by atoms with E-state index in [9.17, 15) is 38.9 Å². The standard InChI is InChI=1S/C42H28N8O9S3/c1-2-3-4-5-7-21-8-6-9-22-16-30-34(20-29(21)22)42-48-37-26-13-10-23(60(51,52)53)17-31(26)39(45-37)44-36-28-15-12-25(62(57,58)59)19-33(28)41(47-36)50-40-32-18-24(61(54,55)56)11-14-27(32)35(46-40)43-38(30)49-42/h6,8-20H,2-4H2,1H3,(H,51,52,53)(H,54,55,56)(H,57,58,59)(H2,43,44,45,46,47,48,49,50). The Morgan fingerprint density at radius 1 is 0.500 bits per heavy atom. The highest BCUT2D eigenvalue weighted by molar-refractivity contribution is 7.86. The summed E-state index contributed by atoms with van der Waals surface area (Å²) in [4.78, 5) is 33.8. The van der Waals surface area contributed by atoms with Crippen molar-refractivity contribution in [1.29, 1.82) is 0 Å². The summed E-state index contributed by atoms with van der Waals surface area (Å²) in [5.74, 6) is 6.81. The average Bonchev–Trinajstić information content (AvgIpc) is 3.95. The summed E-state index contributed by atoms with van der Waals surface area (Å²) in [6.45, 7) is 2.10. The van der Waals surface area contributed by atoms with E-state index in [0.29, 0.717) is 21.9 Å². The highest BCUT2D eigenvalue weighted by atomic mass is 32.2. The number of fused-ring (bicyclic) bond motifs is 21. The van der Waals surface area contributed by atoms with Crippen LogP contribution in [-0.2, 0) is 30.4 Å². The van der Waals surface area contributed by atoms with Gasteiger partial charge in [0.15, 0.2) is 23.3 Å². The zero-order chi connectivity index (χ0) is 43.3. The predicted molar refractivity (Wildman–Crippen MR) is 229 cm³/mol. The van der Waals surface area contributed by atoms with Crippen LogP contribution >= 0.6 is 0 Å². The van der Waals surface area contributed by atoms with Gasteiger partial charge < -0.3 is 9.97 Å². The third-order valence-electron chi connectivity index (χ3n) is 10.5. The summed E-state index contributed by atoms with van der Waals surface area (Å²) < 4.78 is 104. The van der Waals surface area contributed by atoms with Crippen LogP contribution in [0, 0.1) is 11.8 Å². The minimum Gasteiger partial charge on any atom is -0.324 e. The molecule has 0 unspecified atom stereocenters. The molecule has 2 aliphatic heterocycles. The minimum absolute atomic E-state index is 0.00229. The molecule has 3 aromatic heterocycles. The Morgan fingerprint density at radius 3 is 1.50 bits per heavy atom. The van der Waals surface area contributed by atoms with E-state index in [2.05, 4.69) is 33.7 Å². The van der Waals surface area contributed by atoms with Crippen LogP contribution in [0.4, 0.5) is 0 Å². The zero-order valence-electron chi connectivity index (χ0n) is 31.9. The Morgan fingerprint density at radius 2 is 0.968 bits per heavy atom. The molecule has 17 nitrogen and oxygen atoms in total. The molecule has 0 saturated heterocycles. The number of benzene rings is 5. The highest BCUT2D eigenvalue weighted by Crippen LogP contribution is 2.40. The number of aromatic amines is 2. The van der Waals surface area contributed by atoms with Gasteiger partial charge in [0.1, 0.15) is 22.6 Å². The van der Waals surface area contributed by atoms with Crippen LogP contribution in [0.1, 0.15) is 31.7 Å². The van der Waals surface area contributed by atoms with Crippen LogP contribution in [0.25, 0.3) is 100 Å². The maximum atomic E-state index is 12.4. The van der Waals surface area contributed by atoms with Crippen molar-refractivity contribution in [3.63, 3.8) is 0 Å². The molecule has 5 N–H and O–H groups in total. The number of aromatic nitrogens is 8. The maximum Gasteiger partial charge on any atom is 0.294 e. The fourth-order valence-corrected chi connectivity index (χ4v) is 9.04. The number of rotatable bonds is 5. The van der Waals surface area contributed by atoms with Gasteiger partial charge in [0.05, 0.1) is 14.7 Å². The highest BCUT2D eigenvalue weighted by Gasteiger charge is 2.26. The summed E-state index contributed by atoms with van der Waals surface area (Å²) in [7, 11) is -14.1. The number of nitrogens with one attached hydrogen (secondary N) is 2. The molecule has 0 radical (unpaired) electrons. The van der Waals surface area contributed by atoms with Crippen molar-refractivity contribution < 1.29 is 38.9 Å². The molecular formula is C42H28N8O9S3. The van der Waals surface area contributed by atoms with Crippen molar-refractivity contribution in [2.24, 2.45) is 0 Å². The minimum atomic E-state index is -4.72. The van der Waals surface area contributed by atoms with Gasteiger partial charge in [0.2, 0.25) is 0 Å². The molecule has 0 atom stereocenters. The molecule has 2 aliphatic rings. The predicted octanol–water partition coefficient (Wildman–Crippen LogP) is 7.30. The van der Waals surface area contributed by atoms with Crippen LogP contribution in [-0.4, -0.2) is 78.8 Å². The van der Waals surface area contributed by atoms with Gasteiger partial charge >= 0.3 is 0 Å². The van der Waals surface area contributed by atoms with Gasteiger partial charge in [0.25, 0.3) is 30.4 Å². The average molecular weight is 885 g/mol. The second kappa shape index (κ2) is 14.0. The molecular weight excluding hydrogens is 857 g/mol. The van der Waals surface area contributed by atoms with Crippen molar-refractivity contribution >= 4 is 85.3 Å². The summed E-state index contributed by atoms with van der Waals surface area (Å²) in [5.41, 5.74) is 2.73. The summed E-state index contributed by atoms with van der Waals surface area (Å²) >= 11 is 0. The largest absolute Gasteiger partial charge is 0.324 e. The van der Waals surface area contributed by atoms with Gasteiger partial charge in [-0.1, -0.05) is 37.3 Å². The lowest BCUT2D eigenvalue weighted by Crippen LogP contribution is -1.98. The third-order valence-corrected chi connectivity index (χ3v) is 13.1. The van der Waals surface area contributed by atoms with Crippen LogP contribution in [0.15, 0.2) is 99.6 Å². The topological polar surface area (TPSA) is 272 Å². The smallest absolute Gasteiger partial charge is 0.294 e. The quantitative estimate of drug-likeness (QED) is 0.0644. The molecule has 5 heterocycles. The molecule has 8 bridgehead atoms. The van der Waals surface area contributed by atoms with Crippen molar-refractivity contribution in [2.45, 2.75) is 40.9 Å². The first-order chi connectivity index (χ1) is 29.5. The van der Waals surface area contributed by atoms with Crippen LogP contribution in [0.5, 0.6) is 0 Å². The summed E-state index contributed by atoms with van der Waals surface area (Å²) in [6, 6.07) is 21.0. The van der Waals surface area contributed by atoms with Gasteiger partial charge in [-0.15, -0.1) is 0 Å².